The van der Waals surface area contributed by atoms with Crippen LogP contribution in [-0.4, -0.2) is 54.4 Å². The molecule has 2 rings (SSSR count). The van der Waals surface area contributed by atoms with E-state index in [-0.39, 0.29) is 6.54 Å². The molecule has 0 aromatic heterocycles. The third-order valence-corrected chi connectivity index (χ3v) is 4.86. The molecule has 0 fully saturated rings. The lowest BCUT2D eigenvalue weighted by atomic mass is 10.0. The number of rotatable bonds is 8. The molecule has 34 heavy (non-hydrogen) atoms. The molecule has 2 aromatic carbocycles. The van der Waals surface area contributed by atoms with E-state index in [2.05, 4.69) is 18.8 Å². The number of ether oxygens (including phenoxy) is 1. The van der Waals surface area contributed by atoms with E-state index in [0.29, 0.717) is 34.7 Å². The normalized spacial score (nSPS) is 11.7. The summed E-state index contributed by atoms with van der Waals surface area (Å²) < 4.78 is 20.6. The summed E-state index contributed by atoms with van der Waals surface area (Å²) in [5.41, 5.74) is 1.39. The molecule has 184 valence electrons. The lowest BCUT2D eigenvalue weighted by Gasteiger charge is -2.28. The van der Waals surface area contributed by atoms with E-state index in [1.54, 1.807) is 60.3 Å². The maximum Gasteiger partial charge on any atom is 0.410 e. The van der Waals surface area contributed by atoms with Gasteiger partial charge >= 0.3 is 6.09 Å². The van der Waals surface area contributed by atoms with Gasteiger partial charge in [0.1, 0.15) is 11.4 Å². The summed E-state index contributed by atoms with van der Waals surface area (Å²) in [6.45, 7) is 10.4. The number of benzene rings is 2. The maximum atomic E-state index is 15.1. The molecule has 2 aromatic rings. The van der Waals surface area contributed by atoms with Gasteiger partial charge in [-0.25, -0.2) is 9.18 Å². The van der Waals surface area contributed by atoms with Crippen molar-refractivity contribution in [2.24, 2.45) is 10.9 Å². The molecule has 0 saturated carbocycles. The van der Waals surface area contributed by atoms with Crippen LogP contribution < -0.4 is 0 Å². The molecule has 0 atom stereocenters. The minimum Gasteiger partial charge on any atom is -0.444 e. The van der Waals surface area contributed by atoms with Gasteiger partial charge in [-0.05, 0) is 62.4 Å². The lowest BCUT2D eigenvalue weighted by molar-refractivity contribution is 0.0225. The fraction of sp³-hybridized carbons (Fsp3) is 0.444. The molecule has 0 spiro atoms. The first-order valence-corrected chi connectivity index (χ1v) is 11.5. The maximum absolute atomic E-state index is 15.1. The number of carbonyl (C=O) groups is 2. The van der Waals surface area contributed by atoms with Gasteiger partial charge in [-0.3, -0.25) is 4.79 Å². The highest BCUT2D eigenvalue weighted by Gasteiger charge is 2.23. The molecular weight excluding hydrogens is 433 g/mol. The first-order chi connectivity index (χ1) is 15.9. The Morgan fingerprint density at radius 1 is 1.12 bits per heavy atom. The van der Waals surface area contributed by atoms with Crippen molar-refractivity contribution in [1.82, 2.24) is 9.80 Å². The van der Waals surface area contributed by atoms with Gasteiger partial charge in [-0.15, -0.1) is 0 Å². The van der Waals surface area contributed by atoms with Crippen molar-refractivity contribution < 1.29 is 18.7 Å². The van der Waals surface area contributed by atoms with E-state index in [9.17, 15) is 9.59 Å². The summed E-state index contributed by atoms with van der Waals surface area (Å²) >= 11 is 0. The SMILES string of the molecule is CC(C)CCN(Cc1ccc(-c2cccc(C(=O)N=CN(C)C)c2)c(F)c1)C(=O)OC(C)(C)C. The summed E-state index contributed by atoms with van der Waals surface area (Å²) in [5.74, 6) is -0.404. The van der Waals surface area contributed by atoms with Crippen LogP contribution in [-0.2, 0) is 11.3 Å². The van der Waals surface area contributed by atoms with Gasteiger partial charge in [0, 0.05) is 38.3 Å². The zero-order chi connectivity index (χ0) is 25.5. The van der Waals surface area contributed by atoms with Crippen molar-refractivity contribution in [2.75, 3.05) is 20.6 Å². The topological polar surface area (TPSA) is 62.2 Å². The molecule has 0 aliphatic carbocycles. The van der Waals surface area contributed by atoms with Gasteiger partial charge in [-0.1, -0.05) is 38.1 Å². The van der Waals surface area contributed by atoms with E-state index in [0.717, 1.165) is 6.42 Å². The molecule has 0 N–H and O–H groups in total. The number of carbonyl (C=O) groups excluding carboxylic acids is 2. The number of halogens is 1. The second-order valence-corrected chi connectivity index (χ2v) is 9.99. The molecule has 0 unspecified atom stereocenters. The zero-order valence-corrected chi connectivity index (χ0v) is 21.3. The van der Waals surface area contributed by atoms with Crippen LogP contribution in [0.4, 0.5) is 9.18 Å². The predicted molar refractivity (Wildman–Crippen MR) is 134 cm³/mol. The van der Waals surface area contributed by atoms with E-state index in [1.807, 2.05) is 20.8 Å². The van der Waals surface area contributed by atoms with Crippen LogP contribution in [0.15, 0.2) is 47.5 Å². The van der Waals surface area contributed by atoms with Crippen molar-refractivity contribution in [3.8, 4) is 11.1 Å². The monoisotopic (exact) mass is 469 g/mol. The Bertz CT molecular complexity index is 1030. The largest absolute Gasteiger partial charge is 0.444 e. The van der Waals surface area contributed by atoms with Gasteiger partial charge in [0.15, 0.2) is 0 Å². The van der Waals surface area contributed by atoms with Crippen LogP contribution >= 0.6 is 0 Å². The highest BCUT2D eigenvalue weighted by molar-refractivity contribution is 5.99. The Hall–Kier alpha value is -3.22. The number of hydrogen-bond donors (Lipinski definition) is 0. The highest BCUT2D eigenvalue weighted by atomic mass is 19.1. The molecule has 0 heterocycles. The molecule has 0 aliphatic heterocycles. The number of nitrogens with zero attached hydrogens (tertiary/aromatic N) is 3. The number of hydrogen-bond acceptors (Lipinski definition) is 3. The fourth-order valence-electron chi connectivity index (χ4n) is 3.15. The van der Waals surface area contributed by atoms with Gasteiger partial charge in [-0.2, -0.15) is 4.99 Å². The van der Waals surface area contributed by atoms with Crippen molar-refractivity contribution in [1.29, 1.82) is 0 Å². The molecule has 6 nitrogen and oxygen atoms in total. The lowest BCUT2D eigenvalue weighted by Crippen LogP contribution is -2.37. The number of amides is 2. The van der Waals surface area contributed by atoms with E-state index < -0.39 is 23.4 Å². The zero-order valence-electron chi connectivity index (χ0n) is 21.3. The first kappa shape index (κ1) is 27.0. The summed E-state index contributed by atoms with van der Waals surface area (Å²) in [6, 6.07) is 11.6. The average Bonchev–Trinajstić information content (AvgIpc) is 2.73. The Morgan fingerprint density at radius 3 is 2.41 bits per heavy atom. The van der Waals surface area contributed by atoms with E-state index in [4.69, 9.17) is 4.74 Å². The Kier molecular flexibility index (Phi) is 9.36. The highest BCUT2D eigenvalue weighted by Crippen LogP contribution is 2.26. The van der Waals surface area contributed by atoms with E-state index >= 15 is 4.39 Å². The third kappa shape index (κ3) is 8.61. The van der Waals surface area contributed by atoms with Crippen LogP contribution in [0.2, 0.25) is 0 Å². The fourth-order valence-corrected chi connectivity index (χ4v) is 3.15. The van der Waals surface area contributed by atoms with Crippen molar-refractivity contribution in [3.63, 3.8) is 0 Å². The van der Waals surface area contributed by atoms with Crippen LogP contribution in [0.3, 0.4) is 0 Å². The van der Waals surface area contributed by atoms with Crippen LogP contribution in [0.5, 0.6) is 0 Å². The average molecular weight is 470 g/mol. The Balaban J connectivity index is 2.25. The Labute approximate surface area is 202 Å². The van der Waals surface area contributed by atoms with Gasteiger partial charge < -0.3 is 14.5 Å². The summed E-state index contributed by atoms with van der Waals surface area (Å²) in [4.78, 5) is 32.2. The van der Waals surface area contributed by atoms with E-state index in [1.165, 1.54) is 12.4 Å². The second kappa shape index (κ2) is 11.8. The molecule has 0 bridgehead atoms. The number of aliphatic imine (C=N–C) groups is 1. The third-order valence-electron chi connectivity index (χ3n) is 4.86. The molecule has 2 amide bonds. The van der Waals surface area contributed by atoms with Crippen LogP contribution in [0.25, 0.3) is 11.1 Å². The minimum atomic E-state index is -0.610. The van der Waals surface area contributed by atoms with Crippen molar-refractivity contribution in [2.45, 2.75) is 53.2 Å². The Morgan fingerprint density at radius 2 is 1.82 bits per heavy atom. The summed E-state index contributed by atoms with van der Waals surface area (Å²) in [5, 5.41) is 0. The summed E-state index contributed by atoms with van der Waals surface area (Å²) in [6.07, 6.45) is 1.83. The molecular formula is C27H36FN3O3. The predicted octanol–water partition coefficient (Wildman–Crippen LogP) is 6.01. The molecule has 0 aliphatic rings. The first-order valence-electron chi connectivity index (χ1n) is 11.5. The van der Waals surface area contributed by atoms with Gasteiger partial charge in [0.25, 0.3) is 5.91 Å². The quantitative estimate of drug-likeness (QED) is 0.351. The minimum absolute atomic E-state index is 0.247. The smallest absolute Gasteiger partial charge is 0.410 e. The molecule has 0 saturated heterocycles. The van der Waals surface area contributed by atoms with Gasteiger partial charge in [0.05, 0.1) is 6.34 Å². The molecule has 0 radical (unpaired) electrons. The van der Waals surface area contributed by atoms with Crippen molar-refractivity contribution >= 4 is 18.3 Å². The standard InChI is InChI=1S/C27H36FN3O3/c1-19(2)13-14-31(26(33)34-27(3,4)5)17-20-11-12-23(24(28)15-20)21-9-8-10-22(16-21)25(32)29-18-30(6)7/h8-12,15-16,18-19H,13-14,17H2,1-7H3. The molecule has 7 heteroatoms. The second-order valence-electron chi connectivity index (χ2n) is 9.99. The van der Waals surface area contributed by atoms with Crippen LogP contribution in [0, 0.1) is 11.7 Å². The van der Waals surface area contributed by atoms with Crippen molar-refractivity contribution in [3.05, 3.63) is 59.4 Å². The van der Waals surface area contributed by atoms with Gasteiger partial charge in [0.2, 0.25) is 0 Å². The van der Waals surface area contributed by atoms with Crippen LogP contribution in [0.1, 0.15) is 57.0 Å². The summed E-state index contributed by atoms with van der Waals surface area (Å²) in [7, 11) is 3.55.